The van der Waals surface area contributed by atoms with Crippen molar-refractivity contribution in [2.45, 2.75) is 25.7 Å². The molecule has 0 aromatic carbocycles. The lowest BCUT2D eigenvalue weighted by Gasteiger charge is -1.88. The fraction of sp³-hybridized carbons (Fsp3) is 0.750. The van der Waals surface area contributed by atoms with E-state index in [9.17, 15) is 0 Å². The Hall–Kier alpha value is 0.700. The van der Waals surface area contributed by atoms with E-state index < -0.39 is 0 Å². The second kappa shape index (κ2) is 9.70. The van der Waals surface area contributed by atoms with Crippen LogP contribution in [0.5, 0.6) is 0 Å². The third-order valence-electron chi connectivity index (χ3n) is 1.18. The molecule has 0 heterocycles. The van der Waals surface area contributed by atoms with E-state index in [0.29, 0.717) is 0 Å². The molecule has 0 nitrogen and oxygen atoms in total. The first kappa shape index (κ1) is 10.7. The van der Waals surface area contributed by atoms with E-state index in [0.717, 1.165) is 10.7 Å². The smallest absolute Gasteiger partial charge is 0.00342 e. The van der Waals surface area contributed by atoms with Gasteiger partial charge in [-0.3, -0.25) is 0 Å². The van der Waals surface area contributed by atoms with Gasteiger partial charge < -0.3 is 0 Å². The molecule has 0 amide bonds. The highest BCUT2D eigenvalue weighted by Gasteiger charge is 1.80. The zero-order valence-corrected chi connectivity index (χ0v) is 9.33. The summed E-state index contributed by atoms with van der Waals surface area (Å²) in [4.78, 5) is 0. The van der Waals surface area contributed by atoms with Gasteiger partial charge in [-0.05, 0) is 25.7 Å². The van der Waals surface area contributed by atoms with Crippen LogP contribution < -0.4 is 0 Å². The van der Waals surface area contributed by atoms with Gasteiger partial charge in [0, 0.05) is 10.7 Å². The highest BCUT2D eigenvalue weighted by atomic mass is 79.9. The van der Waals surface area contributed by atoms with Gasteiger partial charge in [0.05, 0.1) is 0 Å². The van der Waals surface area contributed by atoms with Gasteiger partial charge in [0.1, 0.15) is 0 Å². The number of allylic oxidation sites excluding steroid dienone is 2. The molecule has 0 unspecified atom stereocenters. The van der Waals surface area contributed by atoms with Gasteiger partial charge in [-0.25, -0.2) is 0 Å². The van der Waals surface area contributed by atoms with Crippen molar-refractivity contribution in [3.63, 3.8) is 0 Å². The minimum atomic E-state index is 1.12. The first-order valence-electron chi connectivity index (χ1n) is 3.68. The fourth-order valence-corrected chi connectivity index (χ4v) is 1.27. The van der Waals surface area contributed by atoms with Crippen LogP contribution in [0.1, 0.15) is 25.7 Å². The average molecular weight is 270 g/mol. The SMILES string of the molecule is BrCCC/C=C\CCCBr. The quantitative estimate of drug-likeness (QED) is 0.390. The van der Waals surface area contributed by atoms with Gasteiger partial charge in [-0.2, -0.15) is 0 Å². The molecule has 10 heavy (non-hydrogen) atoms. The minimum absolute atomic E-state index is 1.12. The molecule has 0 aliphatic rings. The molecular formula is C8H14Br2. The zero-order valence-electron chi connectivity index (χ0n) is 6.15. The molecule has 0 atom stereocenters. The first-order chi connectivity index (χ1) is 4.91. The van der Waals surface area contributed by atoms with Gasteiger partial charge in [0.15, 0.2) is 0 Å². The Bertz CT molecular complexity index is 69.3. The number of unbranched alkanes of at least 4 members (excludes halogenated alkanes) is 2. The Kier molecular flexibility index (Phi) is 10.4. The van der Waals surface area contributed by atoms with Crippen LogP contribution in [0.15, 0.2) is 12.2 Å². The molecule has 0 bridgehead atoms. The number of alkyl halides is 2. The second-order valence-corrected chi connectivity index (χ2v) is 3.72. The summed E-state index contributed by atoms with van der Waals surface area (Å²) in [6.45, 7) is 0. The molecule has 0 spiro atoms. The molecule has 0 aromatic heterocycles. The summed E-state index contributed by atoms with van der Waals surface area (Å²) in [5, 5.41) is 2.24. The van der Waals surface area contributed by atoms with Crippen LogP contribution in [0.4, 0.5) is 0 Å². The van der Waals surface area contributed by atoms with E-state index >= 15 is 0 Å². The molecule has 0 radical (unpaired) electrons. The Morgan fingerprint density at radius 3 is 1.50 bits per heavy atom. The molecule has 0 rings (SSSR count). The zero-order chi connectivity index (χ0) is 7.66. The van der Waals surface area contributed by atoms with E-state index in [4.69, 9.17) is 0 Å². The van der Waals surface area contributed by atoms with E-state index in [1.807, 2.05) is 0 Å². The van der Waals surface area contributed by atoms with Crippen LogP contribution in [-0.4, -0.2) is 10.7 Å². The van der Waals surface area contributed by atoms with Gasteiger partial charge in [0.2, 0.25) is 0 Å². The van der Waals surface area contributed by atoms with Crippen molar-refractivity contribution in [3.05, 3.63) is 12.2 Å². The molecule has 2 heteroatoms. The minimum Gasteiger partial charge on any atom is -0.0928 e. The summed E-state index contributed by atoms with van der Waals surface area (Å²) >= 11 is 6.78. The van der Waals surface area contributed by atoms with Crippen molar-refractivity contribution in [1.82, 2.24) is 0 Å². The lowest BCUT2D eigenvalue weighted by molar-refractivity contribution is 0.940. The van der Waals surface area contributed by atoms with Crippen molar-refractivity contribution < 1.29 is 0 Å². The summed E-state index contributed by atoms with van der Waals surface area (Å²) in [5.74, 6) is 0. The Morgan fingerprint density at radius 2 is 1.20 bits per heavy atom. The first-order valence-corrected chi connectivity index (χ1v) is 5.93. The van der Waals surface area contributed by atoms with Crippen LogP contribution in [0.25, 0.3) is 0 Å². The topological polar surface area (TPSA) is 0 Å². The average Bonchev–Trinajstić information content (AvgIpc) is 1.97. The summed E-state index contributed by atoms with van der Waals surface area (Å²) in [6, 6.07) is 0. The van der Waals surface area contributed by atoms with Crippen molar-refractivity contribution in [2.75, 3.05) is 10.7 Å². The molecule has 0 aliphatic carbocycles. The van der Waals surface area contributed by atoms with Crippen molar-refractivity contribution in [2.24, 2.45) is 0 Å². The molecule has 0 saturated carbocycles. The monoisotopic (exact) mass is 268 g/mol. The molecule has 0 fully saturated rings. The van der Waals surface area contributed by atoms with E-state index in [1.54, 1.807) is 0 Å². The maximum absolute atomic E-state index is 3.39. The molecule has 0 aromatic rings. The van der Waals surface area contributed by atoms with Crippen molar-refractivity contribution in [3.8, 4) is 0 Å². The van der Waals surface area contributed by atoms with Gasteiger partial charge >= 0.3 is 0 Å². The van der Waals surface area contributed by atoms with Crippen LogP contribution in [0, 0.1) is 0 Å². The van der Waals surface area contributed by atoms with E-state index in [1.165, 1.54) is 25.7 Å². The number of hydrogen-bond donors (Lipinski definition) is 0. The fourth-order valence-electron chi connectivity index (χ4n) is 0.626. The Balaban J connectivity index is 2.89. The lowest BCUT2D eigenvalue weighted by Crippen LogP contribution is -1.72. The normalized spacial score (nSPS) is 11.0. The number of hydrogen-bond acceptors (Lipinski definition) is 0. The third-order valence-corrected chi connectivity index (χ3v) is 2.30. The molecule has 60 valence electrons. The highest BCUT2D eigenvalue weighted by Crippen LogP contribution is 1.99. The number of halogens is 2. The van der Waals surface area contributed by atoms with Crippen molar-refractivity contribution in [1.29, 1.82) is 0 Å². The van der Waals surface area contributed by atoms with Crippen LogP contribution in [0.3, 0.4) is 0 Å². The van der Waals surface area contributed by atoms with Gasteiger partial charge in [-0.15, -0.1) is 0 Å². The van der Waals surface area contributed by atoms with Crippen LogP contribution in [-0.2, 0) is 0 Å². The standard InChI is InChI=1S/C8H14Br2/c9-7-5-3-1-2-4-6-8-10/h1-2H,3-8H2/b2-1-. The van der Waals surface area contributed by atoms with Crippen LogP contribution >= 0.6 is 31.9 Å². The number of rotatable bonds is 6. The van der Waals surface area contributed by atoms with Crippen molar-refractivity contribution >= 4 is 31.9 Å². The Labute approximate surface area is 80.3 Å². The maximum atomic E-state index is 3.39. The summed E-state index contributed by atoms with van der Waals surface area (Å²) < 4.78 is 0. The molecule has 0 aliphatic heterocycles. The van der Waals surface area contributed by atoms with E-state index in [-0.39, 0.29) is 0 Å². The summed E-state index contributed by atoms with van der Waals surface area (Å²) in [5.41, 5.74) is 0. The third kappa shape index (κ3) is 8.70. The maximum Gasteiger partial charge on any atom is 0.00342 e. The van der Waals surface area contributed by atoms with E-state index in [2.05, 4.69) is 44.0 Å². The summed E-state index contributed by atoms with van der Waals surface area (Å²) in [6.07, 6.45) is 9.48. The van der Waals surface area contributed by atoms with Crippen LogP contribution in [0.2, 0.25) is 0 Å². The molecule has 0 saturated heterocycles. The predicted molar refractivity (Wildman–Crippen MR) is 55.2 cm³/mol. The summed E-state index contributed by atoms with van der Waals surface area (Å²) in [7, 11) is 0. The second-order valence-electron chi connectivity index (χ2n) is 2.13. The molecule has 0 N–H and O–H groups in total. The molecular weight excluding hydrogens is 256 g/mol. The predicted octanol–water partition coefficient (Wildman–Crippen LogP) is 3.89. The van der Waals surface area contributed by atoms with Gasteiger partial charge in [-0.1, -0.05) is 44.0 Å². The largest absolute Gasteiger partial charge is 0.0928 e. The Morgan fingerprint density at radius 1 is 0.800 bits per heavy atom. The lowest BCUT2D eigenvalue weighted by atomic mass is 10.2. The van der Waals surface area contributed by atoms with Gasteiger partial charge in [0.25, 0.3) is 0 Å². The highest BCUT2D eigenvalue weighted by molar-refractivity contribution is 9.09.